The van der Waals surface area contributed by atoms with Crippen LogP contribution in [0.25, 0.3) is 0 Å². The monoisotopic (exact) mass is 424 g/mol. The number of amides is 1. The molecule has 28 heavy (non-hydrogen) atoms. The topological polar surface area (TPSA) is 75.7 Å². The van der Waals surface area contributed by atoms with E-state index in [9.17, 15) is 13.2 Å². The molecule has 0 spiro atoms. The SMILES string of the molecule is CCC(C(=O)NCc1cccc(C)c1)N(c1cc(Cl)ccc1OC)S(C)(=O)=O. The molecule has 0 heterocycles. The summed E-state index contributed by atoms with van der Waals surface area (Å²) in [6, 6.07) is 11.5. The van der Waals surface area contributed by atoms with Gasteiger partial charge in [-0.25, -0.2) is 8.42 Å². The zero-order valence-corrected chi connectivity index (χ0v) is 18.0. The van der Waals surface area contributed by atoms with E-state index in [-0.39, 0.29) is 12.1 Å². The Bertz CT molecular complexity index is 947. The van der Waals surface area contributed by atoms with Crippen molar-refractivity contribution >= 4 is 33.2 Å². The van der Waals surface area contributed by atoms with Crippen LogP contribution in [0.1, 0.15) is 24.5 Å². The van der Waals surface area contributed by atoms with Crippen molar-refractivity contribution in [2.75, 3.05) is 17.7 Å². The Hall–Kier alpha value is -2.25. The van der Waals surface area contributed by atoms with Crippen molar-refractivity contribution in [3.8, 4) is 5.75 Å². The van der Waals surface area contributed by atoms with Crippen LogP contribution < -0.4 is 14.4 Å². The number of hydrogen-bond donors (Lipinski definition) is 1. The van der Waals surface area contributed by atoms with Gasteiger partial charge >= 0.3 is 0 Å². The number of benzene rings is 2. The Balaban J connectivity index is 2.35. The molecule has 0 fully saturated rings. The van der Waals surface area contributed by atoms with E-state index in [1.807, 2.05) is 31.2 Å². The molecule has 0 aromatic heterocycles. The number of carbonyl (C=O) groups excluding carboxylic acids is 1. The third kappa shape index (κ3) is 5.39. The first-order valence-corrected chi connectivity index (χ1v) is 11.1. The number of hydrogen-bond acceptors (Lipinski definition) is 4. The van der Waals surface area contributed by atoms with E-state index in [1.54, 1.807) is 19.1 Å². The lowest BCUT2D eigenvalue weighted by molar-refractivity contribution is -0.122. The summed E-state index contributed by atoms with van der Waals surface area (Å²) >= 11 is 6.07. The number of anilines is 1. The molecule has 0 saturated heterocycles. The van der Waals surface area contributed by atoms with Crippen LogP contribution in [0.4, 0.5) is 5.69 Å². The highest BCUT2D eigenvalue weighted by atomic mass is 35.5. The van der Waals surface area contributed by atoms with Crippen molar-refractivity contribution in [1.29, 1.82) is 0 Å². The summed E-state index contributed by atoms with van der Waals surface area (Å²) in [4.78, 5) is 12.9. The molecule has 1 atom stereocenters. The normalized spacial score (nSPS) is 12.3. The summed E-state index contributed by atoms with van der Waals surface area (Å²) in [5.41, 5.74) is 2.25. The van der Waals surface area contributed by atoms with Gasteiger partial charge in [-0.1, -0.05) is 48.4 Å². The largest absolute Gasteiger partial charge is 0.495 e. The van der Waals surface area contributed by atoms with Crippen LogP contribution in [0.3, 0.4) is 0 Å². The number of ether oxygens (including phenoxy) is 1. The fourth-order valence-corrected chi connectivity index (χ4v) is 4.37. The van der Waals surface area contributed by atoms with Crippen LogP contribution in [0.15, 0.2) is 42.5 Å². The van der Waals surface area contributed by atoms with Gasteiger partial charge in [0.1, 0.15) is 11.8 Å². The maximum absolute atomic E-state index is 12.9. The molecule has 1 N–H and O–H groups in total. The fraction of sp³-hybridized carbons (Fsp3) is 0.350. The van der Waals surface area contributed by atoms with Gasteiger partial charge in [-0.15, -0.1) is 0 Å². The highest BCUT2D eigenvalue weighted by Crippen LogP contribution is 2.34. The van der Waals surface area contributed by atoms with Gasteiger partial charge < -0.3 is 10.1 Å². The summed E-state index contributed by atoms with van der Waals surface area (Å²) in [7, 11) is -2.34. The molecular formula is C20H25ClN2O4S. The summed E-state index contributed by atoms with van der Waals surface area (Å²) in [5.74, 6) is -0.0729. The molecule has 2 aromatic rings. The third-order valence-corrected chi connectivity index (χ3v) is 5.66. The number of nitrogens with zero attached hydrogens (tertiary/aromatic N) is 1. The first kappa shape index (κ1) is 22.0. The van der Waals surface area contributed by atoms with E-state index in [0.29, 0.717) is 17.3 Å². The summed E-state index contributed by atoms with van der Waals surface area (Å²) in [6.07, 6.45) is 1.34. The molecule has 152 valence electrons. The molecule has 1 amide bonds. The van der Waals surface area contributed by atoms with E-state index in [0.717, 1.165) is 21.7 Å². The molecule has 6 nitrogen and oxygen atoms in total. The van der Waals surface area contributed by atoms with Crippen molar-refractivity contribution in [3.63, 3.8) is 0 Å². The number of halogens is 1. The molecule has 0 saturated carbocycles. The number of rotatable bonds is 8. The lowest BCUT2D eigenvalue weighted by atomic mass is 10.1. The average Bonchev–Trinajstić information content (AvgIpc) is 2.63. The Morgan fingerprint density at radius 2 is 1.96 bits per heavy atom. The Labute approximate surface area is 171 Å². The van der Waals surface area contributed by atoms with Gasteiger partial charge in [0.25, 0.3) is 0 Å². The number of nitrogens with one attached hydrogen (secondary N) is 1. The molecule has 8 heteroatoms. The highest BCUT2D eigenvalue weighted by Gasteiger charge is 2.33. The number of carbonyl (C=O) groups is 1. The van der Waals surface area contributed by atoms with Gasteiger partial charge in [-0.3, -0.25) is 9.10 Å². The lowest BCUT2D eigenvalue weighted by Crippen LogP contribution is -2.49. The molecular weight excluding hydrogens is 400 g/mol. The molecule has 0 bridgehead atoms. The second-order valence-electron chi connectivity index (χ2n) is 6.51. The summed E-state index contributed by atoms with van der Waals surface area (Å²) < 4.78 is 31.5. The van der Waals surface area contributed by atoms with Gasteiger partial charge in [0.2, 0.25) is 15.9 Å². The number of sulfonamides is 1. The van der Waals surface area contributed by atoms with Gasteiger partial charge in [-0.05, 0) is 37.1 Å². The van der Waals surface area contributed by atoms with Crippen molar-refractivity contribution in [1.82, 2.24) is 5.32 Å². The summed E-state index contributed by atoms with van der Waals surface area (Å²) in [6.45, 7) is 4.03. The molecule has 1 unspecified atom stereocenters. The van der Waals surface area contributed by atoms with Crippen molar-refractivity contribution in [2.45, 2.75) is 32.9 Å². The molecule has 0 radical (unpaired) electrons. The predicted octanol–water partition coefficient (Wildman–Crippen LogP) is 3.52. The zero-order valence-electron chi connectivity index (χ0n) is 16.4. The minimum atomic E-state index is -3.78. The molecule has 2 aromatic carbocycles. The van der Waals surface area contributed by atoms with E-state index >= 15 is 0 Å². The van der Waals surface area contributed by atoms with Crippen LogP contribution in [0.2, 0.25) is 5.02 Å². The summed E-state index contributed by atoms with van der Waals surface area (Å²) in [5, 5.41) is 3.18. The molecule has 0 aliphatic carbocycles. The van der Waals surface area contributed by atoms with Crippen molar-refractivity contribution in [2.24, 2.45) is 0 Å². The van der Waals surface area contributed by atoms with Crippen LogP contribution in [0.5, 0.6) is 5.75 Å². The van der Waals surface area contributed by atoms with E-state index in [2.05, 4.69) is 5.32 Å². The minimum absolute atomic E-state index is 0.232. The second kappa shape index (κ2) is 9.30. The van der Waals surface area contributed by atoms with Gasteiger partial charge in [0.05, 0.1) is 19.1 Å². The molecule has 0 aliphatic heterocycles. The predicted molar refractivity (Wildman–Crippen MR) is 112 cm³/mol. The second-order valence-corrected chi connectivity index (χ2v) is 8.80. The van der Waals surface area contributed by atoms with Crippen LogP contribution in [-0.2, 0) is 21.4 Å². The number of aryl methyl sites for hydroxylation is 1. The highest BCUT2D eigenvalue weighted by molar-refractivity contribution is 7.92. The van der Waals surface area contributed by atoms with E-state index < -0.39 is 22.0 Å². The standard InChI is InChI=1S/C20H25ClN2O4S/c1-5-17(20(24)22-13-15-8-6-7-14(2)11-15)23(28(4,25)26)18-12-16(21)9-10-19(18)27-3/h6-12,17H,5,13H2,1-4H3,(H,22,24). The smallest absolute Gasteiger partial charge is 0.244 e. The van der Waals surface area contributed by atoms with Crippen LogP contribution in [0, 0.1) is 6.92 Å². The molecule has 2 rings (SSSR count). The Kier molecular flexibility index (Phi) is 7.32. The zero-order chi connectivity index (χ0) is 20.9. The van der Waals surface area contributed by atoms with Gasteiger partial charge in [-0.2, -0.15) is 0 Å². The maximum atomic E-state index is 12.9. The Morgan fingerprint density at radius 3 is 2.54 bits per heavy atom. The van der Waals surface area contributed by atoms with Crippen LogP contribution in [-0.4, -0.2) is 33.7 Å². The number of methoxy groups -OCH3 is 1. The van der Waals surface area contributed by atoms with Gasteiger partial charge in [0, 0.05) is 11.6 Å². The van der Waals surface area contributed by atoms with Crippen molar-refractivity contribution in [3.05, 3.63) is 58.6 Å². The average molecular weight is 425 g/mol. The first-order valence-electron chi connectivity index (χ1n) is 8.83. The quantitative estimate of drug-likeness (QED) is 0.703. The van der Waals surface area contributed by atoms with Crippen molar-refractivity contribution < 1.29 is 17.9 Å². The fourth-order valence-electron chi connectivity index (χ4n) is 3.00. The maximum Gasteiger partial charge on any atom is 0.244 e. The van der Waals surface area contributed by atoms with Crippen LogP contribution >= 0.6 is 11.6 Å². The lowest BCUT2D eigenvalue weighted by Gasteiger charge is -2.31. The third-order valence-electron chi connectivity index (χ3n) is 4.26. The molecule has 0 aliphatic rings. The van der Waals surface area contributed by atoms with E-state index in [1.165, 1.54) is 13.2 Å². The minimum Gasteiger partial charge on any atom is -0.495 e. The van der Waals surface area contributed by atoms with Gasteiger partial charge in [0.15, 0.2) is 0 Å². The van der Waals surface area contributed by atoms with E-state index in [4.69, 9.17) is 16.3 Å². The Morgan fingerprint density at radius 1 is 1.25 bits per heavy atom. The first-order chi connectivity index (χ1) is 13.2.